The Bertz CT molecular complexity index is 744. The number of rotatable bonds is 4. The number of nitrogens with zero attached hydrogens (tertiary/aromatic N) is 1. The number of hydrogen-bond donors (Lipinski definition) is 1. The molecule has 0 atom stereocenters. The summed E-state index contributed by atoms with van der Waals surface area (Å²) >= 11 is 8.83. The topological polar surface area (TPSA) is 45.5 Å². The maximum atomic E-state index is 12.4. The van der Waals surface area contributed by atoms with Crippen LogP contribution >= 0.6 is 46.6 Å². The smallest absolute Gasteiger partial charge is 0.267 e. The molecule has 112 valence electrons. The third kappa shape index (κ3) is 3.36. The van der Waals surface area contributed by atoms with E-state index in [2.05, 4.69) is 27.9 Å². The second kappa shape index (κ2) is 6.84. The fraction of sp³-hybridized carbons (Fsp3) is 0.0667. The van der Waals surface area contributed by atoms with Crippen molar-refractivity contribution in [2.75, 3.05) is 12.0 Å². The molecule has 1 aliphatic rings. The fourth-order valence-electron chi connectivity index (χ4n) is 1.91. The maximum Gasteiger partial charge on any atom is 0.267 e. The summed E-state index contributed by atoms with van der Waals surface area (Å²) in [7, 11) is 0. The Hall–Kier alpha value is -1.32. The van der Waals surface area contributed by atoms with Crippen molar-refractivity contribution in [2.45, 2.75) is 0 Å². The molecule has 1 saturated heterocycles. The van der Waals surface area contributed by atoms with Gasteiger partial charge in [-0.15, -0.1) is 0 Å². The number of carbonyl (C=O) groups excluding carboxylic acids is 1. The Morgan fingerprint density at radius 2 is 2.14 bits per heavy atom. The van der Waals surface area contributed by atoms with Crippen molar-refractivity contribution in [3.05, 3.63) is 56.9 Å². The van der Waals surface area contributed by atoms with Crippen molar-refractivity contribution in [3.8, 4) is 0 Å². The van der Waals surface area contributed by atoms with E-state index in [9.17, 15) is 4.79 Å². The summed E-state index contributed by atoms with van der Waals surface area (Å²) in [4.78, 5) is 14.5. The molecule has 2 aromatic rings. The number of thioether (sulfide) groups is 1. The van der Waals surface area contributed by atoms with Crippen LogP contribution in [0.5, 0.6) is 0 Å². The van der Waals surface area contributed by atoms with Crippen molar-refractivity contribution in [1.29, 1.82) is 0 Å². The second-order valence-electron chi connectivity index (χ2n) is 4.44. The predicted molar refractivity (Wildman–Crippen MR) is 101 cm³/mol. The van der Waals surface area contributed by atoms with Gasteiger partial charge in [0.2, 0.25) is 0 Å². The highest BCUT2D eigenvalue weighted by Crippen LogP contribution is 2.32. The third-order valence-corrected chi connectivity index (χ3v) is 5.31. The van der Waals surface area contributed by atoms with Gasteiger partial charge in [0.15, 0.2) is 0 Å². The lowest BCUT2D eigenvalue weighted by Crippen LogP contribution is -2.33. The first-order valence-corrected chi connectivity index (χ1v) is 8.73. The third-order valence-electron chi connectivity index (χ3n) is 2.99. The average molecular weight is 442 g/mol. The van der Waals surface area contributed by atoms with Gasteiger partial charge in [0.05, 0.1) is 17.8 Å². The van der Waals surface area contributed by atoms with E-state index in [1.807, 2.05) is 24.3 Å². The lowest BCUT2D eigenvalue weighted by Gasteiger charge is -2.16. The van der Waals surface area contributed by atoms with E-state index in [1.54, 1.807) is 29.4 Å². The Morgan fingerprint density at radius 1 is 1.32 bits per heavy atom. The van der Waals surface area contributed by atoms with Crippen LogP contribution in [0, 0.1) is 3.57 Å². The van der Waals surface area contributed by atoms with Gasteiger partial charge in [0.1, 0.15) is 10.1 Å². The van der Waals surface area contributed by atoms with Gasteiger partial charge in [0.25, 0.3) is 5.91 Å². The molecule has 2 heterocycles. The Morgan fingerprint density at radius 3 is 2.86 bits per heavy atom. The summed E-state index contributed by atoms with van der Waals surface area (Å²) in [5.41, 5.74) is 0.979. The summed E-state index contributed by atoms with van der Waals surface area (Å²) in [6, 6.07) is 11.5. The molecular formula is C15H11IN2O2S2. The van der Waals surface area contributed by atoms with Crippen LogP contribution in [0.3, 0.4) is 0 Å². The van der Waals surface area contributed by atoms with Crippen LogP contribution < -0.4 is 5.32 Å². The first kappa shape index (κ1) is 15.6. The molecule has 1 amide bonds. The number of carbonyl (C=O) groups is 1. The molecule has 22 heavy (non-hydrogen) atoms. The molecule has 1 aliphatic heterocycles. The van der Waals surface area contributed by atoms with Crippen LogP contribution in [0.1, 0.15) is 5.76 Å². The quantitative estimate of drug-likeness (QED) is 0.438. The number of halogens is 1. The number of hydrogen-bond acceptors (Lipinski definition) is 5. The number of thiocarbonyl (C=S) groups is 1. The monoisotopic (exact) mass is 442 g/mol. The zero-order valence-corrected chi connectivity index (χ0v) is 15.1. The number of nitrogens with one attached hydrogen (secondary N) is 1. The second-order valence-corrected chi connectivity index (χ2v) is 7.28. The zero-order valence-electron chi connectivity index (χ0n) is 11.3. The molecule has 3 rings (SSSR count). The highest BCUT2D eigenvalue weighted by Gasteiger charge is 2.32. The van der Waals surface area contributed by atoms with E-state index in [0.717, 1.165) is 9.26 Å². The molecule has 4 nitrogen and oxygen atoms in total. The minimum atomic E-state index is -0.107. The molecule has 0 unspecified atom stereocenters. The fourth-order valence-corrected chi connectivity index (χ4v) is 3.72. The SMILES string of the molecule is O=C1/C(=C/c2ccco2)SC(=S)N1CNc1ccccc1I. The van der Waals surface area contributed by atoms with Crippen molar-refractivity contribution >= 4 is 68.6 Å². The lowest BCUT2D eigenvalue weighted by molar-refractivity contribution is -0.121. The Balaban J connectivity index is 1.71. The number of anilines is 1. The lowest BCUT2D eigenvalue weighted by atomic mass is 10.3. The van der Waals surface area contributed by atoms with Crippen molar-refractivity contribution in [3.63, 3.8) is 0 Å². The van der Waals surface area contributed by atoms with Crippen LogP contribution in [-0.4, -0.2) is 21.8 Å². The summed E-state index contributed by atoms with van der Waals surface area (Å²) in [5, 5.41) is 3.24. The van der Waals surface area contributed by atoms with Gasteiger partial charge < -0.3 is 9.73 Å². The van der Waals surface area contributed by atoms with Gasteiger partial charge in [-0.3, -0.25) is 9.69 Å². The first-order chi connectivity index (χ1) is 10.6. The van der Waals surface area contributed by atoms with Crippen LogP contribution in [-0.2, 0) is 4.79 Å². The molecule has 0 aliphatic carbocycles. The Labute approximate surface area is 151 Å². The van der Waals surface area contributed by atoms with E-state index < -0.39 is 0 Å². The predicted octanol–water partition coefficient (Wildman–Crippen LogP) is 4.16. The van der Waals surface area contributed by atoms with Gasteiger partial charge >= 0.3 is 0 Å². The molecule has 1 N–H and O–H groups in total. The minimum Gasteiger partial charge on any atom is -0.465 e. The van der Waals surface area contributed by atoms with Crippen molar-refractivity contribution in [2.24, 2.45) is 0 Å². The molecule has 0 bridgehead atoms. The largest absolute Gasteiger partial charge is 0.465 e. The van der Waals surface area contributed by atoms with Gasteiger partial charge in [0, 0.05) is 15.3 Å². The summed E-state index contributed by atoms with van der Waals surface area (Å²) < 4.78 is 6.88. The van der Waals surface area contributed by atoms with Gasteiger partial charge in [-0.05, 0) is 46.9 Å². The van der Waals surface area contributed by atoms with Crippen molar-refractivity contribution in [1.82, 2.24) is 4.90 Å². The van der Waals surface area contributed by atoms with Crippen molar-refractivity contribution < 1.29 is 9.21 Å². The van der Waals surface area contributed by atoms with E-state index >= 15 is 0 Å². The average Bonchev–Trinajstić information content (AvgIpc) is 3.09. The van der Waals surface area contributed by atoms with Crippen LogP contribution in [0.15, 0.2) is 52.0 Å². The molecule has 1 fully saturated rings. The van der Waals surface area contributed by atoms with E-state index in [0.29, 0.717) is 21.7 Å². The first-order valence-electron chi connectivity index (χ1n) is 6.42. The summed E-state index contributed by atoms with van der Waals surface area (Å²) in [5.74, 6) is 0.538. The molecular weight excluding hydrogens is 431 g/mol. The van der Waals surface area contributed by atoms with E-state index in [-0.39, 0.29) is 5.91 Å². The number of para-hydroxylation sites is 1. The van der Waals surface area contributed by atoms with Crippen LogP contribution in [0.25, 0.3) is 6.08 Å². The van der Waals surface area contributed by atoms with E-state index in [1.165, 1.54) is 11.8 Å². The molecule has 0 saturated carbocycles. The zero-order chi connectivity index (χ0) is 15.5. The highest BCUT2D eigenvalue weighted by atomic mass is 127. The van der Waals surface area contributed by atoms with Crippen LogP contribution in [0.4, 0.5) is 5.69 Å². The molecule has 0 radical (unpaired) electrons. The van der Waals surface area contributed by atoms with Gasteiger partial charge in [-0.1, -0.05) is 36.1 Å². The molecule has 7 heteroatoms. The van der Waals surface area contributed by atoms with Gasteiger partial charge in [-0.25, -0.2) is 0 Å². The number of amides is 1. The standard InChI is InChI=1S/C15H11IN2O2S2/c16-11-5-1-2-6-12(11)17-9-18-14(19)13(22-15(18)21)8-10-4-3-7-20-10/h1-8,17H,9H2/b13-8-. The van der Waals surface area contributed by atoms with Crippen LogP contribution in [0.2, 0.25) is 0 Å². The molecule has 1 aromatic heterocycles. The molecule has 1 aromatic carbocycles. The Kier molecular flexibility index (Phi) is 4.84. The van der Waals surface area contributed by atoms with E-state index in [4.69, 9.17) is 16.6 Å². The normalized spacial score (nSPS) is 16.6. The van der Waals surface area contributed by atoms with Gasteiger partial charge in [-0.2, -0.15) is 0 Å². The minimum absolute atomic E-state index is 0.107. The molecule has 0 spiro atoms. The highest BCUT2D eigenvalue weighted by molar-refractivity contribution is 14.1. The summed E-state index contributed by atoms with van der Waals surface area (Å²) in [6.45, 7) is 0.347. The number of furan rings is 1. The summed E-state index contributed by atoms with van der Waals surface area (Å²) in [6.07, 6.45) is 3.29. The number of benzene rings is 1. The maximum absolute atomic E-state index is 12.4.